The number of carbonyl (C=O) groups excluding carboxylic acids is 2. The topological polar surface area (TPSA) is 75.9 Å². The number of rotatable bonds is 3. The van der Waals surface area contributed by atoms with Crippen molar-refractivity contribution >= 4 is 29.9 Å². The van der Waals surface area contributed by atoms with E-state index < -0.39 is 0 Å². The van der Waals surface area contributed by atoms with Crippen LogP contribution in [0.15, 0.2) is 48.5 Å². The number of halogens is 1. The summed E-state index contributed by atoms with van der Waals surface area (Å²) in [6.07, 6.45) is 0. The number of nitrogen functional groups attached to an aromatic ring is 1. The van der Waals surface area contributed by atoms with Crippen LogP contribution >= 0.6 is 12.4 Å². The number of amides is 2. The lowest BCUT2D eigenvalue weighted by Gasteiger charge is -2.35. The summed E-state index contributed by atoms with van der Waals surface area (Å²) < 4.78 is 5.17. The molecule has 0 atom stereocenters. The first-order chi connectivity index (χ1) is 12.1. The molecule has 1 aliphatic heterocycles. The van der Waals surface area contributed by atoms with Crippen LogP contribution in [0.25, 0.3) is 0 Å². The van der Waals surface area contributed by atoms with Crippen molar-refractivity contribution < 1.29 is 14.3 Å². The van der Waals surface area contributed by atoms with Gasteiger partial charge in [-0.2, -0.15) is 0 Å². The van der Waals surface area contributed by atoms with Gasteiger partial charge in [-0.3, -0.25) is 9.59 Å². The SMILES string of the molecule is COc1cccc(C(=O)N2CCN(C(=O)c3cccc(N)c3)CC2)c1.Cl. The normalized spacial score (nSPS) is 13.7. The van der Waals surface area contributed by atoms with E-state index in [0.717, 1.165) is 0 Å². The Hall–Kier alpha value is -2.73. The van der Waals surface area contributed by atoms with Gasteiger partial charge in [0, 0.05) is 43.0 Å². The first kappa shape index (κ1) is 19.6. The van der Waals surface area contributed by atoms with Gasteiger partial charge in [-0.25, -0.2) is 0 Å². The molecule has 1 heterocycles. The Labute approximate surface area is 158 Å². The highest BCUT2D eigenvalue weighted by Crippen LogP contribution is 2.17. The van der Waals surface area contributed by atoms with Crippen molar-refractivity contribution in [3.63, 3.8) is 0 Å². The highest BCUT2D eigenvalue weighted by molar-refractivity contribution is 5.96. The third-order valence-corrected chi connectivity index (χ3v) is 4.30. The predicted octanol–water partition coefficient (Wildman–Crippen LogP) is 2.30. The predicted molar refractivity (Wildman–Crippen MR) is 103 cm³/mol. The van der Waals surface area contributed by atoms with E-state index >= 15 is 0 Å². The summed E-state index contributed by atoms with van der Waals surface area (Å²) in [6, 6.07) is 14.1. The molecule has 0 aromatic heterocycles. The smallest absolute Gasteiger partial charge is 0.254 e. The highest BCUT2D eigenvalue weighted by Gasteiger charge is 2.25. The summed E-state index contributed by atoms with van der Waals surface area (Å²) in [7, 11) is 1.57. The van der Waals surface area contributed by atoms with Gasteiger partial charge in [-0.1, -0.05) is 12.1 Å². The van der Waals surface area contributed by atoms with E-state index in [1.165, 1.54) is 0 Å². The van der Waals surface area contributed by atoms with Gasteiger partial charge in [0.25, 0.3) is 11.8 Å². The zero-order chi connectivity index (χ0) is 17.8. The average Bonchev–Trinajstić information content (AvgIpc) is 2.67. The van der Waals surface area contributed by atoms with Crippen molar-refractivity contribution in [1.29, 1.82) is 0 Å². The van der Waals surface area contributed by atoms with Gasteiger partial charge in [0.05, 0.1) is 7.11 Å². The maximum atomic E-state index is 12.6. The van der Waals surface area contributed by atoms with E-state index in [0.29, 0.717) is 48.7 Å². The Bertz CT molecular complexity index is 789. The van der Waals surface area contributed by atoms with E-state index in [1.807, 2.05) is 0 Å². The summed E-state index contributed by atoms with van der Waals surface area (Å²) in [5.74, 6) is 0.553. The minimum Gasteiger partial charge on any atom is -0.497 e. The molecule has 0 spiro atoms. The van der Waals surface area contributed by atoms with Crippen molar-refractivity contribution in [2.75, 3.05) is 39.0 Å². The zero-order valence-electron chi connectivity index (χ0n) is 14.6. The van der Waals surface area contributed by atoms with E-state index in [2.05, 4.69) is 0 Å². The summed E-state index contributed by atoms with van der Waals surface area (Å²) in [5.41, 5.74) is 7.48. The number of benzene rings is 2. The molecule has 1 aliphatic rings. The van der Waals surface area contributed by atoms with E-state index in [4.69, 9.17) is 10.5 Å². The fourth-order valence-electron chi connectivity index (χ4n) is 2.91. The molecule has 138 valence electrons. The van der Waals surface area contributed by atoms with Crippen molar-refractivity contribution in [3.05, 3.63) is 59.7 Å². The molecule has 2 amide bonds. The maximum absolute atomic E-state index is 12.6. The van der Waals surface area contributed by atoms with Crippen LogP contribution in [0.2, 0.25) is 0 Å². The quantitative estimate of drug-likeness (QED) is 0.835. The lowest BCUT2D eigenvalue weighted by atomic mass is 10.1. The Balaban J connectivity index is 0.00000243. The molecule has 0 aliphatic carbocycles. The molecule has 1 fully saturated rings. The van der Waals surface area contributed by atoms with Gasteiger partial charge in [0.15, 0.2) is 0 Å². The van der Waals surface area contributed by atoms with E-state index in [9.17, 15) is 9.59 Å². The Kier molecular flexibility index (Phi) is 6.46. The molecule has 7 heteroatoms. The number of nitrogens with zero attached hydrogens (tertiary/aromatic N) is 2. The standard InChI is InChI=1S/C19H21N3O3.ClH/c1-25-17-7-3-5-15(13-17)19(24)22-10-8-21(9-11-22)18(23)14-4-2-6-16(20)12-14;/h2-7,12-13H,8-11,20H2,1H3;1H. The van der Waals surface area contributed by atoms with Gasteiger partial charge in [-0.15, -0.1) is 12.4 Å². The number of piperazine rings is 1. The van der Waals surface area contributed by atoms with Crippen LogP contribution in [0.5, 0.6) is 5.75 Å². The third kappa shape index (κ3) is 4.26. The molecular formula is C19H22ClN3O3. The van der Waals surface area contributed by atoms with Crippen LogP contribution in [-0.4, -0.2) is 54.9 Å². The summed E-state index contributed by atoms with van der Waals surface area (Å²) in [4.78, 5) is 28.7. The molecule has 2 aromatic carbocycles. The van der Waals surface area contributed by atoms with Crippen LogP contribution in [-0.2, 0) is 0 Å². The number of hydrogen-bond donors (Lipinski definition) is 1. The van der Waals surface area contributed by atoms with E-state index in [-0.39, 0.29) is 24.2 Å². The number of methoxy groups -OCH3 is 1. The largest absolute Gasteiger partial charge is 0.497 e. The molecule has 0 bridgehead atoms. The third-order valence-electron chi connectivity index (χ3n) is 4.30. The first-order valence-corrected chi connectivity index (χ1v) is 8.16. The second-order valence-electron chi connectivity index (χ2n) is 5.94. The van der Waals surface area contributed by atoms with Gasteiger partial charge >= 0.3 is 0 Å². The molecule has 6 nitrogen and oxygen atoms in total. The fraction of sp³-hybridized carbons (Fsp3) is 0.263. The summed E-state index contributed by atoms with van der Waals surface area (Å²) in [5, 5.41) is 0. The van der Waals surface area contributed by atoms with Crippen LogP contribution < -0.4 is 10.5 Å². The van der Waals surface area contributed by atoms with Crippen molar-refractivity contribution in [1.82, 2.24) is 9.80 Å². The Morgan fingerprint density at radius 1 is 0.885 bits per heavy atom. The second kappa shape index (κ2) is 8.58. The van der Waals surface area contributed by atoms with Gasteiger partial charge in [-0.05, 0) is 36.4 Å². The molecule has 2 N–H and O–H groups in total. The number of ether oxygens (including phenoxy) is 1. The highest BCUT2D eigenvalue weighted by atomic mass is 35.5. The summed E-state index contributed by atoms with van der Waals surface area (Å²) >= 11 is 0. The van der Waals surface area contributed by atoms with Crippen LogP contribution in [0.3, 0.4) is 0 Å². The molecular weight excluding hydrogens is 354 g/mol. The van der Waals surface area contributed by atoms with Gasteiger partial charge < -0.3 is 20.3 Å². The monoisotopic (exact) mass is 375 g/mol. The molecule has 1 saturated heterocycles. The zero-order valence-corrected chi connectivity index (χ0v) is 15.4. The maximum Gasteiger partial charge on any atom is 0.254 e. The van der Waals surface area contributed by atoms with Crippen LogP contribution in [0.1, 0.15) is 20.7 Å². The van der Waals surface area contributed by atoms with Gasteiger partial charge in [0.2, 0.25) is 0 Å². The molecule has 0 radical (unpaired) electrons. The van der Waals surface area contributed by atoms with Crippen molar-refractivity contribution in [3.8, 4) is 5.75 Å². The van der Waals surface area contributed by atoms with Gasteiger partial charge in [0.1, 0.15) is 5.75 Å². The average molecular weight is 376 g/mol. The molecule has 0 unspecified atom stereocenters. The van der Waals surface area contributed by atoms with E-state index in [1.54, 1.807) is 65.4 Å². The Morgan fingerprint density at radius 3 is 1.88 bits per heavy atom. The summed E-state index contributed by atoms with van der Waals surface area (Å²) in [6.45, 7) is 2.01. The minimum atomic E-state index is -0.0548. The minimum absolute atomic E-state index is 0. The van der Waals surface area contributed by atoms with Crippen LogP contribution in [0, 0.1) is 0 Å². The second-order valence-corrected chi connectivity index (χ2v) is 5.94. The van der Waals surface area contributed by atoms with Crippen LogP contribution in [0.4, 0.5) is 5.69 Å². The molecule has 2 aromatic rings. The van der Waals surface area contributed by atoms with Crippen molar-refractivity contribution in [2.24, 2.45) is 0 Å². The lowest BCUT2D eigenvalue weighted by Crippen LogP contribution is -2.50. The Morgan fingerprint density at radius 2 is 1.38 bits per heavy atom. The number of anilines is 1. The fourth-order valence-corrected chi connectivity index (χ4v) is 2.91. The molecule has 3 rings (SSSR count). The first-order valence-electron chi connectivity index (χ1n) is 8.16. The number of hydrogen-bond acceptors (Lipinski definition) is 4. The lowest BCUT2D eigenvalue weighted by molar-refractivity contribution is 0.0535. The van der Waals surface area contributed by atoms with Crippen molar-refractivity contribution in [2.45, 2.75) is 0 Å². The number of nitrogens with two attached hydrogens (primary N) is 1. The number of carbonyl (C=O) groups is 2. The molecule has 0 saturated carbocycles. The molecule has 26 heavy (non-hydrogen) atoms.